The van der Waals surface area contributed by atoms with Gasteiger partial charge in [-0.1, -0.05) is 42.5 Å². The van der Waals surface area contributed by atoms with Gasteiger partial charge in [-0.3, -0.25) is 5.32 Å². The first-order valence-corrected chi connectivity index (χ1v) is 8.89. The van der Waals surface area contributed by atoms with Gasteiger partial charge in [0.1, 0.15) is 5.82 Å². The fourth-order valence-electron chi connectivity index (χ4n) is 2.62. The maximum atomic E-state index is 4.53. The molecular weight excluding hydrogens is 302 g/mol. The summed E-state index contributed by atoms with van der Waals surface area (Å²) in [6.07, 6.45) is 5.93. The van der Waals surface area contributed by atoms with Crippen LogP contribution in [-0.4, -0.2) is 15.8 Å². The van der Waals surface area contributed by atoms with Gasteiger partial charge in [-0.05, 0) is 29.5 Å². The lowest BCUT2D eigenvalue weighted by molar-refractivity contribution is 0.558. The molecule has 0 aliphatic rings. The number of aryl methyl sites for hydroxylation is 1. The Bertz CT molecular complexity index is 735. The number of hydrogen-bond donors (Lipinski definition) is 1. The zero-order valence-electron chi connectivity index (χ0n) is 13.4. The van der Waals surface area contributed by atoms with E-state index in [0.29, 0.717) is 0 Å². The first-order chi connectivity index (χ1) is 11.3. The van der Waals surface area contributed by atoms with E-state index in [2.05, 4.69) is 69.7 Å². The van der Waals surface area contributed by atoms with Crippen LogP contribution in [0.4, 0.5) is 0 Å². The highest BCUT2D eigenvalue weighted by atomic mass is 32.2. The molecule has 0 radical (unpaired) electrons. The van der Waals surface area contributed by atoms with Crippen LogP contribution in [0.25, 0.3) is 0 Å². The van der Waals surface area contributed by atoms with Gasteiger partial charge in [0.15, 0.2) is 0 Å². The lowest BCUT2D eigenvalue weighted by atomic mass is 10.1. The van der Waals surface area contributed by atoms with Crippen LogP contribution in [0.15, 0.2) is 71.9 Å². The van der Waals surface area contributed by atoms with Gasteiger partial charge < -0.3 is 4.57 Å². The number of hydrogen-bond acceptors (Lipinski definition) is 3. The normalized spacial score (nSPS) is 12.3. The van der Waals surface area contributed by atoms with E-state index in [1.165, 1.54) is 16.0 Å². The highest BCUT2D eigenvalue weighted by molar-refractivity contribution is 7.98. The smallest absolute Gasteiger partial charge is 0.130 e. The molecule has 3 rings (SSSR count). The van der Waals surface area contributed by atoms with Crippen LogP contribution in [0.5, 0.6) is 0 Å². The third kappa shape index (κ3) is 3.84. The van der Waals surface area contributed by atoms with Crippen molar-refractivity contribution in [3.8, 4) is 0 Å². The van der Waals surface area contributed by atoms with E-state index < -0.39 is 0 Å². The lowest BCUT2D eigenvalue weighted by Gasteiger charge is -2.19. The van der Waals surface area contributed by atoms with Gasteiger partial charge in [0.05, 0.1) is 6.04 Å². The molecule has 0 aliphatic heterocycles. The summed E-state index contributed by atoms with van der Waals surface area (Å²) in [5, 5.41) is 3.64. The summed E-state index contributed by atoms with van der Waals surface area (Å²) in [5.74, 6) is 1.02. The Kier molecular flexibility index (Phi) is 5.16. The van der Waals surface area contributed by atoms with Crippen molar-refractivity contribution in [1.29, 1.82) is 0 Å². The van der Waals surface area contributed by atoms with Crippen LogP contribution in [0.1, 0.15) is 23.0 Å². The molecule has 0 amide bonds. The van der Waals surface area contributed by atoms with Crippen molar-refractivity contribution >= 4 is 11.8 Å². The first-order valence-electron chi connectivity index (χ1n) is 7.66. The quantitative estimate of drug-likeness (QED) is 0.695. The molecule has 0 saturated carbocycles. The molecule has 1 heterocycles. The topological polar surface area (TPSA) is 29.9 Å². The van der Waals surface area contributed by atoms with Crippen LogP contribution in [0.2, 0.25) is 0 Å². The van der Waals surface area contributed by atoms with Gasteiger partial charge >= 0.3 is 0 Å². The van der Waals surface area contributed by atoms with Crippen molar-refractivity contribution in [2.45, 2.75) is 17.5 Å². The molecule has 0 saturated heterocycles. The van der Waals surface area contributed by atoms with Crippen LogP contribution >= 0.6 is 11.8 Å². The van der Waals surface area contributed by atoms with Gasteiger partial charge in [-0.15, -0.1) is 11.8 Å². The number of nitrogens with zero attached hydrogens (tertiary/aromatic N) is 2. The van der Waals surface area contributed by atoms with Crippen molar-refractivity contribution in [2.24, 2.45) is 7.05 Å². The zero-order valence-corrected chi connectivity index (χ0v) is 14.3. The van der Waals surface area contributed by atoms with E-state index in [-0.39, 0.29) is 6.04 Å². The number of imidazole rings is 1. The molecule has 0 aliphatic carbocycles. The van der Waals surface area contributed by atoms with E-state index in [9.17, 15) is 0 Å². The largest absolute Gasteiger partial charge is 0.336 e. The fourth-order valence-corrected chi connectivity index (χ4v) is 3.03. The number of thioether (sulfide) groups is 1. The number of benzene rings is 2. The van der Waals surface area contributed by atoms with Crippen LogP contribution in [-0.2, 0) is 13.6 Å². The van der Waals surface area contributed by atoms with Gasteiger partial charge in [0.2, 0.25) is 0 Å². The van der Waals surface area contributed by atoms with Crippen molar-refractivity contribution in [3.63, 3.8) is 0 Å². The van der Waals surface area contributed by atoms with E-state index >= 15 is 0 Å². The molecule has 0 bridgehead atoms. The third-order valence-corrected chi connectivity index (χ3v) is 4.66. The van der Waals surface area contributed by atoms with E-state index in [4.69, 9.17) is 0 Å². The highest BCUT2D eigenvalue weighted by Gasteiger charge is 2.17. The van der Waals surface area contributed by atoms with Gasteiger partial charge in [0, 0.05) is 30.9 Å². The molecule has 0 unspecified atom stereocenters. The molecule has 0 fully saturated rings. The Labute approximate surface area is 141 Å². The number of nitrogens with one attached hydrogen (secondary N) is 1. The average Bonchev–Trinajstić information content (AvgIpc) is 3.03. The minimum atomic E-state index is 0.0800. The summed E-state index contributed by atoms with van der Waals surface area (Å²) in [6.45, 7) is 0.807. The van der Waals surface area contributed by atoms with E-state index in [0.717, 1.165) is 12.4 Å². The maximum absolute atomic E-state index is 4.53. The van der Waals surface area contributed by atoms with Crippen molar-refractivity contribution in [2.75, 3.05) is 6.26 Å². The molecule has 23 heavy (non-hydrogen) atoms. The molecule has 3 nitrogen and oxygen atoms in total. The second-order valence-electron chi connectivity index (χ2n) is 5.47. The second kappa shape index (κ2) is 7.49. The number of aromatic nitrogens is 2. The Morgan fingerprint density at radius 3 is 2.43 bits per heavy atom. The SMILES string of the molecule is CSc1ccc(CN[C@H](c2ccccc2)c2nccn2C)cc1. The van der Waals surface area contributed by atoms with Crippen molar-refractivity contribution < 1.29 is 0 Å². The first kappa shape index (κ1) is 15.8. The van der Waals surface area contributed by atoms with Gasteiger partial charge in [-0.25, -0.2) is 4.98 Å². The lowest BCUT2D eigenvalue weighted by Crippen LogP contribution is -2.24. The maximum Gasteiger partial charge on any atom is 0.130 e. The number of rotatable bonds is 6. The molecule has 2 aromatic carbocycles. The Morgan fingerprint density at radius 2 is 1.83 bits per heavy atom. The van der Waals surface area contributed by atoms with Crippen molar-refractivity contribution in [3.05, 3.63) is 83.9 Å². The summed E-state index contributed by atoms with van der Waals surface area (Å²) in [5.41, 5.74) is 2.50. The molecule has 1 aromatic heterocycles. The van der Waals surface area contributed by atoms with Crippen LogP contribution < -0.4 is 5.32 Å². The summed E-state index contributed by atoms with van der Waals surface area (Å²) >= 11 is 1.77. The predicted molar refractivity (Wildman–Crippen MR) is 96.6 cm³/mol. The minimum Gasteiger partial charge on any atom is -0.336 e. The monoisotopic (exact) mass is 323 g/mol. The highest BCUT2D eigenvalue weighted by Crippen LogP contribution is 2.21. The van der Waals surface area contributed by atoms with Crippen LogP contribution in [0, 0.1) is 0 Å². The fraction of sp³-hybridized carbons (Fsp3) is 0.211. The third-order valence-electron chi connectivity index (χ3n) is 3.92. The molecule has 118 valence electrons. The standard InChI is InChI=1S/C19H21N3S/c1-22-13-12-20-19(22)18(16-6-4-3-5-7-16)21-14-15-8-10-17(23-2)11-9-15/h3-13,18,21H,14H2,1-2H3/t18-/m1/s1. The van der Waals surface area contributed by atoms with E-state index in [1.54, 1.807) is 11.8 Å². The predicted octanol–water partition coefficient (Wildman–Crippen LogP) is 4.02. The second-order valence-corrected chi connectivity index (χ2v) is 6.35. The molecule has 3 aromatic rings. The zero-order chi connectivity index (χ0) is 16.1. The molecule has 4 heteroatoms. The Hall–Kier alpha value is -2.04. The summed E-state index contributed by atoms with van der Waals surface area (Å²) in [7, 11) is 2.03. The average molecular weight is 323 g/mol. The van der Waals surface area contributed by atoms with Crippen LogP contribution in [0.3, 0.4) is 0 Å². The molecular formula is C19H21N3S. The minimum absolute atomic E-state index is 0.0800. The molecule has 1 atom stereocenters. The molecule has 1 N–H and O–H groups in total. The molecule has 0 spiro atoms. The van der Waals surface area contributed by atoms with Gasteiger partial charge in [-0.2, -0.15) is 0 Å². The summed E-state index contributed by atoms with van der Waals surface area (Å²) in [4.78, 5) is 5.82. The summed E-state index contributed by atoms with van der Waals surface area (Å²) < 4.78 is 2.07. The summed E-state index contributed by atoms with van der Waals surface area (Å²) in [6, 6.07) is 19.2. The van der Waals surface area contributed by atoms with Gasteiger partial charge in [0.25, 0.3) is 0 Å². The Balaban J connectivity index is 1.80. The Morgan fingerprint density at radius 1 is 1.09 bits per heavy atom. The van der Waals surface area contributed by atoms with E-state index in [1.807, 2.05) is 25.5 Å². The van der Waals surface area contributed by atoms with Crippen molar-refractivity contribution in [1.82, 2.24) is 14.9 Å².